The number of hydrogen-bond donors (Lipinski definition) is 0. The molecule has 1 radical (unpaired) electrons. The lowest BCUT2D eigenvalue weighted by atomic mass is 10.1. The topological polar surface area (TPSA) is 9.23 Å². The van der Waals surface area contributed by atoms with Gasteiger partial charge in [0.1, 0.15) is 0 Å². The van der Waals surface area contributed by atoms with Crippen molar-refractivity contribution in [1.29, 1.82) is 0 Å². The van der Waals surface area contributed by atoms with E-state index in [1.165, 1.54) is 96.3 Å². The van der Waals surface area contributed by atoms with Crippen LogP contribution in [0.4, 0.5) is 0 Å². The SMILES string of the molecule is [CH2]CCCCCOCCCCCCCCCCCCCC. The molecule has 0 aromatic heterocycles. The highest BCUT2D eigenvalue weighted by Crippen LogP contribution is 2.11. The van der Waals surface area contributed by atoms with Crippen LogP contribution in [0, 0.1) is 6.92 Å². The molecule has 0 aliphatic heterocycles. The average molecular weight is 298 g/mol. The van der Waals surface area contributed by atoms with Crippen LogP contribution in [0.15, 0.2) is 0 Å². The monoisotopic (exact) mass is 297 g/mol. The van der Waals surface area contributed by atoms with Crippen LogP contribution in [0.1, 0.15) is 110 Å². The van der Waals surface area contributed by atoms with Crippen molar-refractivity contribution < 1.29 is 4.74 Å². The summed E-state index contributed by atoms with van der Waals surface area (Å²) in [5.41, 5.74) is 0. The van der Waals surface area contributed by atoms with Crippen molar-refractivity contribution in [2.24, 2.45) is 0 Å². The maximum atomic E-state index is 5.65. The quantitative estimate of drug-likeness (QED) is 0.245. The summed E-state index contributed by atoms with van der Waals surface area (Å²) < 4.78 is 5.65. The molecule has 0 aromatic rings. The molecule has 0 bridgehead atoms. The summed E-state index contributed by atoms with van der Waals surface area (Å²) >= 11 is 0. The van der Waals surface area contributed by atoms with Gasteiger partial charge in [0, 0.05) is 13.2 Å². The zero-order valence-electron chi connectivity index (χ0n) is 14.8. The minimum atomic E-state index is 0.956. The van der Waals surface area contributed by atoms with Gasteiger partial charge in [-0.3, -0.25) is 0 Å². The van der Waals surface area contributed by atoms with Crippen LogP contribution in [-0.2, 0) is 4.74 Å². The van der Waals surface area contributed by atoms with Gasteiger partial charge in [-0.15, -0.1) is 0 Å². The first-order valence-corrected chi connectivity index (χ1v) is 9.78. The standard InChI is InChI=1S/C20H41O/c1-3-5-7-9-10-11-12-13-14-15-16-18-20-21-19-17-8-6-4-2/h2-20H2,1H3. The van der Waals surface area contributed by atoms with E-state index in [1.54, 1.807) is 0 Å². The Morgan fingerprint density at radius 3 is 1.33 bits per heavy atom. The lowest BCUT2D eigenvalue weighted by molar-refractivity contribution is 0.126. The number of ether oxygens (including phenoxy) is 1. The molecule has 0 amide bonds. The third kappa shape index (κ3) is 20.0. The number of rotatable bonds is 18. The normalized spacial score (nSPS) is 11.1. The van der Waals surface area contributed by atoms with Gasteiger partial charge < -0.3 is 4.74 Å². The molecule has 0 aliphatic carbocycles. The Hall–Kier alpha value is -0.0400. The van der Waals surface area contributed by atoms with E-state index in [0.717, 1.165) is 19.6 Å². The Kier molecular flexibility index (Phi) is 19.9. The van der Waals surface area contributed by atoms with E-state index in [0.29, 0.717) is 0 Å². The van der Waals surface area contributed by atoms with E-state index in [4.69, 9.17) is 4.74 Å². The molecular formula is C20H41O. The van der Waals surface area contributed by atoms with Gasteiger partial charge >= 0.3 is 0 Å². The summed E-state index contributed by atoms with van der Waals surface area (Å²) in [4.78, 5) is 0. The first-order valence-electron chi connectivity index (χ1n) is 9.78. The van der Waals surface area contributed by atoms with Crippen LogP contribution in [0.2, 0.25) is 0 Å². The fraction of sp³-hybridized carbons (Fsp3) is 0.950. The molecule has 1 heteroatoms. The van der Waals surface area contributed by atoms with E-state index >= 15 is 0 Å². The predicted molar refractivity (Wildman–Crippen MR) is 95.7 cm³/mol. The van der Waals surface area contributed by atoms with Crippen LogP contribution in [0.5, 0.6) is 0 Å². The second-order valence-corrected chi connectivity index (χ2v) is 6.42. The summed E-state index contributed by atoms with van der Waals surface area (Å²) in [6.07, 6.45) is 21.8. The molecule has 0 N–H and O–H groups in total. The predicted octanol–water partition coefficient (Wildman–Crippen LogP) is 7.10. The van der Waals surface area contributed by atoms with Crippen LogP contribution in [0.3, 0.4) is 0 Å². The van der Waals surface area contributed by atoms with Crippen molar-refractivity contribution in [3.05, 3.63) is 6.92 Å². The van der Waals surface area contributed by atoms with Gasteiger partial charge in [-0.2, -0.15) is 0 Å². The third-order valence-corrected chi connectivity index (χ3v) is 4.18. The molecule has 0 saturated heterocycles. The molecule has 0 fully saturated rings. The molecule has 0 rings (SSSR count). The van der Waals surface area contributed by atoms with E-state index in [1.807, 2.05) is 0 Å². The molecule has 21 heavy (non-hydrogen) atoms. The molecule has 0 atom stereocenters. The van der Waals surface area contributed by atoms with Gasteiger partial charge in [0.25, 0.3) is 0 Å². The van der Waals surface area contributed by atoms with Gasteiger partial charge in [-0.05, 0) is 12.8 Å². The summed E-state index contributed by atoms with van der Waals surface area (Å²) in [6, 6.07) is 0. The Bertz CT molecular complexity index is 149. The Morgan fingerprint density at radius 2 is 0.905 bits per heavy atom. The highest BCUT2D eigenvalue weighted by Gasteiger charge is 1.94. The van der Waals surface area contributed by atoms with Crippen molar-refractivity contribution in [2.45, 2.75) is 110 Å². The Balaban J connectivity index is 2.90. The maximum absolute atomic E-state index is 5.65. The van der Waals surface area contributed by atoms with Gasteiger partial charge in [0.05, 0.1) is 0 Å². The van der Waals surface area contributed by atoms with Crippen LogP contribution < -0.4 is 0 Å². The van der Waals surface area contributed by atoms with Crippen molar-refractivity contribution in [3.63, 3.8) is 0 Å². The molecule has 0 aromatic carbocycles. The lowest BCUT2D eigenvalue weighted by Gasteiger charge is -2.04. The van der Waals surface area contributed by atoms with Crippen molar-refractivity contribution >= 4 is 0 Å². The molecule has 0 unspecified atom stereocenters. The van der Waals surface area contributed by atoms with E-state index in [-0.39, 0.29) is 0 Å². The van der Waals surface area contributed by atoms with Crippen LogP contribution >= 0.6 is 0 Å². The molecule has 0 aliphatic rings. The summed E-state index contributed by atoms with van der Waals surface area (Å²) in [5, 5.41) is 0. The second kappa shape index (κ2) is 20.0. The molecule has 0 saturated carbocycles. The highest BCUT2D eigenvalue weighted by atomic mass is 16.5. The largest absolute Gasteiger partial charge is 0.381 e. The molecular weight excluding hydrogens is 256 g/mol. The van der Waals surface area contributed by atoms with Crippen molar-refractivity contribution in [1.82, 2.24) is 0 Å². The molecule has 0 spiro atoms. The fourth-order valence-electron chi connectivity index (χ4n) is 2.70. The smallest absolute Gasteiger partial charge is 0.0466 e. The van der Waals surface area contributed by atoms with Gasteiger partial charge in [-0.1, -0.05) is 104 Å². The number of hydrogen-bond acceptors (Lipinski definition) is 1. The van der Waals surface area contributed by atoms with Gasteiger partial charge in [0.15, 0.2) is 0 Å². The third-order valence-electron chi connectivity index (χ3n) is 4.18. The lowest BCUT2D eigenvalue weighted by Crippen LogP contribution is -1.97. The van der Waals surface area contributed by atoms with E-state index in [9.17, 15) is 0 Å². The maximum Gasteiger partial charge on any atom is 0.0466 e. The average Bonchev–Trinajstić information content (AvgIpc) is 2.50. The van der Waals surface area contributed by atoms with Crippen molar-refractivity contribution in [3.8, 4) is 0 Å². The molecule has 127 valence electrons. The summed E-state index contributed by atoms with van der Waals surface area (Å²) in [7, 11) is 0. The summed E-state index contributed by atoms with van der Waals surface area (Å²) in [5.74, 6) is 0. The Morgan fingerprint density at radius 1 is 0.524 bits per heavy atom. The van der Waals surface area contributed by atoms with Crippen LogP contribution in [0.25, 0.3) is 0 Å². The van der Waals surface area contributed by atoms with Crippen molar-refractivity contribution in [2.75, 3.05) is 13.2 Å². The second-order valence-electron chi connectivity index (χ2n) is 6.42. The Labute approximate surface area is 135 Å². The zero-order valence-corrected chi connectivity index (χ0v) is 14.8. The van der Waals surface area contributed by atoms with Gasteiger partial charge in [0.2, 0.25) is 0 Å². The van der Waals surface area contributed by atoms with E-state index < -0.39 is 0 Å². The molecule has 1 nitrogen and oxygen atoms in total. The summed E-state index contributed by atoms with van der Waals surface area (Å²) in [6.45, 7) is 8.07. The zero-order chi connectivity index (χ0) is 15.4. The molecule has 0 heterocycles. The first-order chi connectivity index (χ1) is 10.4. The van der Waals surface area contributed by atoms with Gasteiger partial charge in [-0.25, -0.2) is 0 Å². The van der Waals surface area contributed by atoms with Crippen LogP contribution in [-0.4, -0.2) is 13.2 Å². The number of unbranched alkanes of at least 4 members (excludes halogenated alkanes) is 14. The van der Waals surface area contributed by atoms with E-state index in [2.05, 4.69) is 13.8 Å². The fourth-order valence-corrected chi connectivity index (χ4v) is 2.70. The first kappa shape index (κ1) is 21.0. The highest BCUT2D eigenvalue weighted by molar-refractivity contribution is 4.49. The minimum Gasteiger partial charge on any atom is -0.381 e. The minimum absolute atomic E-state index is 0.956.